The number of carbonyl (C=O) groups is 1. The van der Waals surface area contributed by atoms with Crippen molar-refractivity contribution < 1.29 is 4.79 Å². The Bertz CT molecular complexity index is 788. The van der Waals surface area contributed by atoms with Crippen LogP contribution in [0.15, 0.2) is 91.0 Å². The molecule has 2 N–H and O–H groups in total. The van der Waals surface area contributed by atoms with Crippen LogP contribution in [0.4, 0.5) is 0 Å². The van der Waals surface area contributed by atoms with Gasteiger partial charge in [0.05, 0.1) is 6.04 Å². The monoisotopic (exact) mass is 344 g/mol. The molecule has 0 saturated carbocycles. The summed E-state index contributed by atoms with van der Waals surface area (Å²) in [5.41, 5.74) is 3.41. The zero-order valence-electron chi connectivity index (χ0n) is 14.8. The van der Waals surface area contributed by atoms with Crippen LogP contribution >= 0.6 is 0 Å². The van der Waals surface area contributed by atoms with Gasteiger partial charge in [0, 0.05) is 13.1 Å². The number of carbonyl (C=O) groups excluding carboxylic acids is 1. The van der Waals surface area contributed by atoms with E-state index >= 15 is 0 Å². The molecule has 0 bridgehead atoms. The summed E-state index contributed by atoms with van der Waals surface area (Å²) in [7, 11) is 0. The lowest BCUT2D eigenvalue weighted by molar-refractivity contribution is -0.123. The minimum Gasteiger partial charge on any atom is -0.351 e. The van der Waals surface area contributed by atoms with Gasteiger partial charge in [-0.25, -0.2) is 0 Å². The van der Waals surface area contributed by atoms with Crippen LogP contribution in [0.25, 0.3) is 0 Å². The molecular formula is C23H24N2O. The van der Waals surface area contributed by atoms with Crippen molar-refractivity contribution in [2.24, 2.45) is 0 Å². The molecule has 1 atom stereocenters. The van der Waals surface area contributed by atoms with Gasteiger partial charge in [-0.05, 0) is 23.1 Å². The van der Waals surface area contributed by atoms with Crippen LogP contribution in [-0.2, 0) is 24.3 Å². The molecule has 0 spiro atoms. The van der Waals surface area contributed by atoms with E-state index in [4.69, 9.17) is 0 Å². The molecule has 0 radical (unpaired) electrons. The molecule has 3 heteroatoms. The summed E-state index contributed by atoms with van der Waals surface area (Å²) in [6.45, 7) is 1.20. The highest BCUT2D eigenvalue weighted by Gasteiger charge is 2.18. The summed E-state index contributed by atoms with van der Waals surface area (Å²) in [6.07, 6.45) is 0.661. The van der Waals surface area contributed by atoms with Crippen LogP contribution in [0.5, 0.6) is 0 Å². The zero-order valence-corrected chi connectivity index (χ0v) is 14.8. The molecule has 26 heavy (non-hydrogen) atoms. The van der Waals surface area contributed by atoms with Crippen molar-refractivity contribution in [1.82, 2.24) is 10.6 Å². The third-order valence-corrected chi connectivity index (χ3v) is 4.30. The van der Waals surface area contributed by atoms with Crippen LogP contribution < -0.4 is 10.6 Å². The number of benzene rings is 3. The van der Waals surface area contributed by atoms with Crippen LogP contribution in [-0.4, -0.2) is 11.9 Å². The maximum absolute atomic E-state index is 12.8. The molecule has 3 rings (SSSR count). The van der Waals surface area contributed by atoms with E-state index in [-0.39, 0.29) is 11.9 Å². The highest BCUT2D eigenvalue weighted by molar-refractivity contribution is 5.82. The summed E-state index contributed by atoms with van der Waals surface area (Å²) >= 11 is 0. The lowest BCUT2D eigenvalue weighted by Gasteiger charge is -2.19. The van der Waals surface area contributed by atoms with E-state index in [0.717, 1.165) is 11.1 Å². The number of amides is 1. The van der Waals surface area contributed by atoms with Crippen molar-refractivity contribution in [3.63, 3.8) is 0 Å². The average Bonchev–Trinajstić information content (AvgIpc) is 2.71. The number of hydrogen-bond acceptors (Lipinski definition) is 2. The summed E-state index contributed by atoms with van der Waals surface area (Å²) in [5, 5.41) is 6.46. The molecule has 0 aliphatic carbocycles. The fourth-order valence-corrected chi connectivity index (χ4v) is 2.85. The van der Waals surface area contributed by atoms with E-state index in [0.29, 0.717) is 19.5 Å². The van der Waals surface area contributed by atoms with Crippen molar-refractivity contribution >= 4 is 5.91 Å². The smallest absolute Gasteiger partial charge is 0.237 e. The van der Waals surface area contributed by atoms with Gasteiger partial charge in [-0.2, -0.15) is 0 Å². The van der Waals surface area contributed by atoms with E-state index < -0.39 is 0 Å². The molecule has 3 aromatic carbocycles. The van der Waals surface area contributed by atoms with Crippen LogP contribution in [0.1, 0.15) is 16.7 Å². The third-order valence-electron chi connectivity index (χ3n) is 4.30. The first-order valence-electron chi connectivity index (χ1n) is 8.94. The maximum atomic E-state index is 12.8. The molecule has 0 heterocycles. The van der Waals surface area contributed by atoms with Crippen molar-refractivity contribution in [3.8, 4) is 0 Å². The third kappa shape index (κ3) is 5.57. The van der Waals surface area contributed by atoms with Crippen molar-refractivity contribution in [3.05, 3.63) is 108 Å². The second kappa shape index (κ2) is 9.54. The first kappa shape index (κ1) is 17.9. The molecule has 0 fully saturated rings. The van der Waals surface area contributed by atoms with E-state index in [2.05, 4.69) is 34.9 Å². The fraction of sp³-hybridized carbons (Fsp3) is 0.174. The SMILES string of the molecule is O=C(NCc1ccccc1)[C@H](Cc1ccccc1)NCc1ccccc1. The van der Waals surface area contributed by atoms with Gasteiger partial charge >= 0.3 is 0 Å². The molecule has 0 aromatic heterocycles. The van der Waals surface area contributed by atoms with Gasteiger partial charge in [-0.15, -0.1) is 0 Å². The minimum absolute atomic E-state index is 0.0219. The van der Waals surface area contributed by atoms with Crippen molar-refractivity contribution in [2.45, 2.75) is 25.6 Å². The Morgan fingerprint density at radius 3 is 1.65 bits per heavy atom. The van der Waals surface area contributed by atoms with Gasteiger partial charge in [0.1, 0.15) is 0 Å². The number of hydrogen-bond donors (Lipinski definition) is 2. The Balaban J connectivity index is 1.63. The second-order valence-electron chi connectivity index (χ2n) is 6.31. The Kier molecular flexibility index (Phi) is 6.57. The van der Waals surface area contributed by atoms with Crippen LogP contribution in [0.2, 0.25) is 0 Å². The molecule has 1 amide bonds. The van der Waals surface area contributed by atoms with E-state index in [9.17, 15) is 4.79 Å². The lowest BCUT2D eigenvalue weighted by atomic mass is 10.0. The summed E-state index contributed by atoms with van der Waals surface area (Å²) < 4.78 is 0. The number of rotatable bonds is 8. The van der Waals surface area contributed by atoms with Gasteiger partial charge in [-0.3, -0.25) is 4.79 Å². The molecule has 0 saturated heterocycles. The first-order valence-corrected chi connectivity index (χ1v) is 8.94. The van der Waals surface area contributed by atoms with Gasteiger partial charge in [0.25, 0.3) is 0 Å². The number of nitrogens with one attached hydrogen (secondary N) is 2. The highest BCUT2D eigenvalue weighted by atomic mass is 16.2. The molecule has 0 aliphatic rings. The van der Waals surface area contributed by atoms with Crippen LogP contribution in [0, 0.1) is 0 Å². The molecule has 132 valence electrons. The van der Waals surface area contributed by atoms with E-state index in [1.54, 1.807) is 0 Å². The maximum Gasteiger partial charge on any atom is 0.237 e. The van der Waals surface area contributed by atoms with Crippen molar-refractivity contribution in [1.29, 1.82) is 0 Å². The minimum atomic E-state index is -0.277. The summed E-state index contributed by atoms with van der Waals surface area (Å²) in [6, 6.07) is 30.0. The quantitative estimate of drug-likeness (QED) is 0.654. The van der Waals surface area contributed by atoms with Gasteiger partial charge in [-0.1, -0.05) is 91.0 Å². The summed E-state index contributed by atoms with van der Waals surface area (Å²) in [5.74, 6) is 0.0219. The highest BCUT2D eigenvalue weighted by Crippen LogP contribution is 2.06. The lowest BCUT2D eigenvalue weighted by Crippen LogP contribution is -2.45. The first-order chi connectivity index (χ1) is 12.8. The second-order valence-corrected chi connectivity index (χ2v) is 6.31. The molecular weight excluding hydrogens is 320 g/mol. The van der Waals surface area contributed by atoms with Crippen LogP contribution in [0.3, 0.4) is 0 Å². The molecule has 0 aliphatic heterocycles. The summed E-state index contributed by atoms with van der Waals surface area (Å²) in [4.78, 5) is 12.8. The topological polar surface area (TPSA) is 41.1 Å². The Morgan fingerprint density at radius 1 is 0.654 bits per heavy atom. The molecule has 3 nitrogen and oxygen atoms in total. The fourth-order valence-electron chi connectivity index (χ4n) is 2.85. The zero-order chi connectivity index (χ0) is 18.0. The van der Waals surface area contributed by atoms with Crippen molar-refractivity contribution in [2.75, 3.05) is 0 Å². The largest absolute Gasteiger partial charge is 0.351 e. The predicted octanol–water partition coefficient (Wildman–Crippen LogP) is 3.70. The molecule has 0 unspecified atom stereocenters. The standard InChI is InChI=1S/C23H24N2O/c26-23(25-18-21-14-8-3-9-15-21)22(16-19-10-4-1-5-11-19)24-17-20-12-6-2-7-13-20/h1-15,22,24H,16-18H2,(H,25,26)/t22-/m0/s1. The van der Waals surface area contributed by atoms with Gasteiger partial charge in [0.15, 0.2) is 0 Å². The van der Waals surface area contributed by atoms with Gasteiger partial charge in [0.2, 0.25) is 5.91 Å². The predicted molar refractivity (Wildman–Crippen MR) is 106 cm³/mol. The normalized spacial score (nSPS) is 11.7. The molecule has 3 aromatic rings. The van der Waals surface area contributed by atoms with E-state index in [1.807, 2.05) is 66.7 Å². The Labute approximate surface area is 155 Å². The average molecular weight is 344 g/mol. The Morgan fingerprint density at radius 2 is 1.12 bits per heavy atom. The Hall–Kier alpha value is -2.91. The van der Waals surface area contributed by atoms with E-state index in [1.165, 1.54) is 5.56 Å². The van der Waals surface area contributed by atoms with Gasteiger partial charge < -0.3 is 10.6 Å².